The summed E-state index contributed by atoms with van der Waals surface area (Å²) < 4.78 is 31.3. The van der Waals surface area contributed by atoms with Gasteiger partial charge in [-0.15, -0.1) is 0 Å². The maximum atomic E-state index is 12.4. The molecule has 0 heterocycles. The van der Waals surface area contributed by atoms with Gasteiger partial charge in [0, 0.05) is 20.1 Å². The highest BCUT2D eigenvalue weighted by Crippen LogP contribution is 2.23. The van der Waals surface area contributed by atoms with Crippen LogP contribution in [-0.4, -0.2) is 45.9 Å². The molecule has 0 aromatic heterocycles. The number of carbonyl (C=O) groups is 1. The van der Waals surface area contributed by atoms with Crippen LogP contribution in [0.5, 0.6) is 5.75 Å². The first-order chi connectivity index (χ1) is 10.3. The predicted octanol–water partition coefficient (Wildman–Crippen LogP) is 1.32. The van der Waals surface area contributed by atoms with E-state index in [9.17, 15) is 13.2 Å². The molecule has 0 aliphatic rings. The Bertz CT molecular complexity index is 641. The minimum atomic E-state index is -3.55. The largest absolute Gasteiger partial charge is 0.496 e. The summed E-state index contributed by atoms with van der Waals surface area (Å²) in [5.74, 6) is 0.380. The van der Waals surface area contributed by atoms with Crippen molar-refractivity contribution in [1.29, 1.82) is 0 Å². The molecule has 1 aromatic rings. The second kappa shape index (κ2) is 7.95. The maximum absolute atomic E-state index is 12.4. The van der Waals surface area contributed by atoms with Crippen molar-refractivity contribution >= 4 is 15.9 Å². The fourth-order valence-corrected chi connectivity index (χ4v) is 3.19. The Balaban J connectivity index is 2.70. The number of aryl methyl sites for hydroxylation is 1. The first-order valence-electron chi connectivity index (χ1n) is 6.84. The number of amides is 1. The SMILES string of the molecule is C=CC(=O)NCCCN(C)S(=O)(=O)c1ccc(OC)c(C)c1. The van der Waals surface area contributed by atoms with Crippen molar-refractivity contribution in [1.82, 2.24) is 9.62 Å². The van der Waals surface area contributed by atoms with Crippen LogP contribution in [0.4, 0.5) is 0 Å². The first kappa shape index (κ1) is 18.2. The minimum Gasteiger partial charge on any atom is -0.496 e. The van der Waals surface area contributed by atoms with E-state index in [1.165, 1.54) is 23.5 Å². The van der Waals surface area contributed by atoms with E-state index in [1.54, 1.807) is 26.2 Å². The number of nitrogens with zero attached hydrogens (tertiary/aromatic N) is 1. The van der Waals surface area contributed by atoms with Crippen LogP contribution < -0.4 is 10.1 Å². The molecule has 0 bridgehead atoms. The van der Waals surface area contributed by atoms with Gasteiger partial charge in [0.15, 0.2) is 0 Å². The normalized spacial score (nSPS) is 11.3. The summed E-state index contributed by atoms with van der Waals surface area (Å²) >= 11 is 0. The van der Waals surface area contributed by atoms with Crippen LogP contribution in [0.15, 0.2) is 35.7 Å². The van der Waals surface area contributed by atoms with Gasteiger partial charge in [-0.1, -0.05) is 6.58 Å². The van der Waals surface area contributed by atoms with Crippen molar-refractivity contribution in [2.24, 2.45) is 0 Å². The monoisotopic (exact) mass is 326 g/mol. The van der Waals surface area contributed by atoms with Crippen LogP contribution in [0, 0.1) is 6.92 Å². The Hall–Kier alpha value is -1.86. The quantitative estimate of drug-likeness (QED) is 0.577. The summed E-state index contributed by atoms with van der Waals surface area (Å²) in [6.45, 7) is 5.85. The van der Waals surface area contributed by atoms with Crippen molar-refractivity contribution in [2.75, 3.05) is 27.2 Å². The molecule has 0 atom stereocenters. The average Bonchev–Trinajstić information content (AvgIpc) is 2.50. The molecule has 7 heteroatoms. The van der Waals surface area contributed by atoms with E-state index in [4.69, 9.17) is 4.74 Å². The van der Waals surface area contributed by atoms with Crippen molar-refractivity contribution in [2.45, 2.75) is 18.2 Å². The van der Waals surface area contributed by atoms with Gasteiger partial charge < -0.3 is 10.1 Å². The second-order valence-corrected chi connectivity index (χ2v) is 6.85. The summed E-state index contributed by atoms with van der Waals surface area (Å²) in [6, 6.07) is 4.75. The molecule has 1 N–H and O–H groups in total. The molecule has 0 unspecified atom stereocenters. The van der Waals surface area contributed by atoms with E-state index in [0.29, 0.717) is 25.3 Å². The van der Waals surface area contributed by atoms with Crippen LogP contribution in [0.3, 0.4) is 0 Å². The van der Waals surface area contributed by atoms with Crippen molar-refractivity contribution in [3.63, 3.8) is 0 Å². The molecule has 6 nitrogen and oxygen atoms in total. The lowest BCUT2D eigenvalue weighted by atomic mass is 10.2. The Morgan fingerprint density at radius 1 is 1.45 bits per heavy atom. The minimum absolute atomic E-state index is 0.225. The number of methoxy groups -OCH3 is 1. The number of hydrogen-bond acceptors (Lipinski definition) is 4. The van der Waals surface area contributed by atoms with Crippen LogP contribution in [0.1, 0.15) is 12.0 Å². The van der Waals surface area contributed by atoms with E-state index < -0.39 is 10.0 Å². The van der Waals surface area contributed by atoms with E-state index in [0.717, 1.165) is 5.56 Å². The summed E-state index contributed by atoms with van der Waals surface area (Å²) in [7, 11) is -0.488. The summed E-state index contributed by atoms with van der Waals surface area (Å²) in [4.78, 5) is 11.2. The molecule has 0 fully saturated rings. The van der Waals surface area contributed by atoms with Crippen LogP contribution in [-0.2, 0) is 14.8 Å². The zero-order valence-corrected chi connectivity index (χ0v) is 13.9. The number of sulfonamides is 1. The fraction of sp³-hybridized carbons (Fsp3) is 0.400. The lowest BCUT2D eigenvalue weighted by Gasteiger charge is -2.18. The number of nitrogens with one attached hydrogen (secondary N) is 1. The highest BCUT2D eigenvalue weighted by Gasteiger charge is 2.21. The second-order valence-electron chi connectivity index (χ2n) is 4.81. The van der Waals surface area contributed by atoms with Gasteiger partial charge in [0.25, 0.3) is 0 Å². The lowest BCUT2D eigenvalue weighted by molar-refractivity contribution is -0.116. The molecule has 0 saturated carbocycles. The molecule has 0 spiro atoms. The van der Waals surface area contributed by atoms with E-state index in [-0.39, 0.29) is 10.8 Å². The molecule has 1 rings (SSSR count). The van der Waals surface area contributed by atoms with Crippen molar-refractivity contribution in [3.8, 4) is 5.75 Å². The van der Waals surface area contributed by atoms with Gasteiger partial charge in [0.05, 0.1) is 12.0 Å². The van der Waals surface area contributed by atoms with Crippen LogP contribution in [0.25, 0.3) is 0 Å². The predicted molar refractivity (Wildman–Crippen MR) is 85.4 cm³/mol. The molecule has 122 valence electrons. The zero-order valence-electron chi connectivity index (χ0n) is 13.1. The van der Waals surface area contributed by atoms with Crippen LogP contribution >= 0.6 is 0 Å². The molecule has 0 aliphatic carbocycles. The summed E-state index contributed by atoms with van der Waals surface area (Å²) in [5.41, 5.74) is 0.759. The Morgan fingerprint density at radius 3 is 2.68 bits per heavy atom. The number of rotatable bonds is 8. The van der Waals surface area contributed by atoms with E-state index in [2.05, 4.69) is 11.9 Å². The molecule has 1 amide bonds. The number of benzene rings is 1. The molecule has 1 aromatic carbocycles. The molecular weight excluding hydrogens is 304 g/mol. The number of ether oxygens (including phenoxy) is 1. The highest BCUT2D eigenvalue weighted by atomic mass is 32.2. The average molecular weight is 326 g/mol. The van der Waals surface area contributed by atoms with E-state index in [1.807, 2.05) is 0 Å². The third-order valence-corrected chi connectivity index (χ3v) is 5.06. The van der Waals surface area contributed by atoms with Gasteiger partial charge in [0.1, 0.15) is 5.75 Å². The molecular formula is C15H22N2O4S. The summed E-state index contributed by atoms with van der Waals surface area (Å²) in [5, 5.41) is 2.61. The molecule has 22 heavy (non-hydrogen) atoms. The van der Waals surface area contributed by atoms with Gasteiger partial charge in [-0.3, -0.25) is 4.79 Å². The standard InChI is InChI=1S/C15H22N2O4S/c1-5-15(18)16-9-6-10-17(3)22(19,20)13-7-8-14(21-4)12(2)11-13/h5,7-8,11H,1,6,9-10H2,2-4H3,(H,16,18). The molecule has 0 radical (unpaired) electrons. The molecule has 0 aliphatic heterocycles. The smallest absolute Gasteiger partial charge is 0.243 e. The van der Waals surface area contributed by atoms with Gasteiger partial charge in [-0.2, -0.15) is 0 Å². The zero-order chi connectivity index (χ0) is 16.8. The number of carbonyl (C=O) groups excluding carboxylic acids is 1. The first-order valence-corrected chi connectivity index (χ1v) is 8.28. The maximum Gasteiger partial charge on any atom is 0.243 e. The third-order valence-electron chi connectivity index (χ3n) is 3.21. The topological polar surface area (TPSA) is 75.7 Å². The van der Waals surface area contributed by atoms with E-state index >= 15 is 0 Å². The highest BCUT2D eigenvalue weighted by molar-refractivity contribution is 7.89. The van der Waals surface area contributed by atoms with Crippen molar-refractivity contribution < 1.29 is 17.9 Å². The number of hydrogen-bond donors (Lipinski definition) is 1. The Kier molecular flexibility index (Phi) is 6.58. The van der Waals surface area contributed by atoms with Crippen LogP contribution in [0.2, 0.25) is 0 Å². The molecule has 0 saturated heterocycles. The third kappa shape index (κ3) is 4.57. The van der Waals surface area contributed by atoms with Gasteiger partial charge in [0.2, 0.25) is 15.9 Å². The van der Waals surface area contributed by atoms with Crippen molar-refractivity contribution in [3.05, 3.63) is 36.4 Å². The Labute approximate surface area is 131 Å². The van der Waals surface area contributed by atoms with Gasteiger partial charge in [-0.05, 0) is 43.2 Å². The van der Waals surface area contributed by atoms with Gasteiger partial charge in [-0.25, -0.2) is 12.7 Å². The Morgan fingerprint density at radius 2 is 2.14 bits per heavy atom. The lowest BCUT2D eigenvalue weighted by Crippen LogP contribution is -2.31. The fourth-order valence-electron chi connectivity index (χ4n) is 1.90. The summed E-state index contributed by atoms with van der Waals surface area (Å²) in [6.07, 6.45) is 1.70. The van der Waals surface area contributed by atoms with Gasteiger partial charge >= 0.3 is 0 Å².